The van der Waals surface area contributed by atoms with Gasteiger partial charge in [0.25, 0.3) is 11.8 Å². The van der Waals surface area contributed by atoms with Crippen molar-refractivity contribution in [2.24, 2.45) is 0 Å². The molecule has 2 N–H and O–H groups in total. The fourth-order valence-corrected chi connectivity index (χ4v) is 4.31. The molecule has 3 aromatic carbocycles. The second kappa shape index (κ2) is 9.75. The summed E-state index contributed by atoms with van der Waals surface area (Å²) in [5.74, 6) is -0.431. The van der Waals surface area contributed by atoms with Crippen molar-refractivity contribution in [3.05, 3.63) is 95.2 Å². The first kappa shape index (κ1) is 21.7. The number of carbonyl (C=O) groups excluding carboxylic acids is 2. The number of aromatic nitrogens is 1. The molecule has 0 aliphatic rings. The molecule has 1 atom stereocenters. The van der Waals surface area contributed by atoms with E-state index in [0.29, 0.717) is 16.9 Å². The quantitative estimate of drug-likeness (QED) is 0.390. The summed E-state index contributed by atoms with van der Waals surface area (Å²) in [6.45, 7) is 3.91. The van der Waals surface area contributed by atoms with E-state index in [1.807, 2.05) is 62.4 Å². The second-order valence-electron chi connectivity index (χ2n) is 7.91. The minimum Gasteiger partial charge on any atom is -0.350 e. The zero-order valence-electron chi connectivity index (χ0n) is 18.1. The molecule has 0 unspecified atom stereocenters. The number of rotatable bonds is 7. The molecule has 5 nitrogen and oxygen atoms in total. The van der Waals surface area contributed by atoms with E-state index in [1.54, 1.807) is 12.1 Å². The van der Waals surface area contributed by atoms with Gasteiger partial charge in [-0.25, -0.2) is 0 Å². The van der Waals surface area contributed by atoms with Crippen LogP contribution in [-0.4, -0.2) is 22.2 Å². The van der Waals surface area contributed by atoms with Crippen molar-refractivity contribution >= 4 is 39.1 Å². The lowest BCUT2D eigenvalue weighted by Crippen LogP contribution is -2.33. The number of carbonyl (C=O) groups is 2. The predicted molar refractivity (Wildman–Crippen MR) is 130 cm³/mol. The van der Waals surface area contributed by atoms with Gasteiger partial charge in [-0.3, -0.25) is 9.59 Å². The molecule has 6 heteroatoms. The Kier molecular flexibility index (Phi) is 6.61. The average molecular weight is 444 g/mol. The number of aryl methyl sites for hydroxylation is 2. The summed E-state index contributed by atoms with van der Waals surface area (Å²) < 4.78 is 5.28. The largest absolute Gasteiger partial charge is 0.350 e. The maximum Gasteiger partial charge on any atom is 0.276 e. The van der Waals surface area contributed by atoms with Gasteiger partial charge in [-0.05, 0) is 67.5 Å². The summed E-state index contributed by atoms with van der Waals surface area (Å²) in [6.07, 6.45) is 1.75. The van der Waals surface area contributed by atoms with Crippen molar-refractivity contribution in [3.8, 4) is 0 Å². The lowest BCUT2D eigenvalue weighted by molar-refractivity contribution is 0.0937. The molecule has 0 saturated heterocycles. The number of amides is 2. The molecule has 0 fully saturated rings. The Labute approximate surface area is 191 Å². The summed E-state index contributed by atoms with van der Waals surface area (Å²) in [7, 11) is 0. The van der Waals surface area contributed by atoms with Crippen LogP contribution in [0.3, 0.4) is 0 Å². The topological polar surface area (TPSA) is 71.1 Å². The van der Waals surface area contributed by atoms with Gasteiger partial charge >= 0.3 is 0 Å². The Bertz CT molecular complexity index is 1250. The summed E-state index contributed by atoms with van der Waals surface area (Å²) in [5, 5.41) is 6.81. The Morgan fingerprint density at radius 2 is 1.72 bits per heavy atom. The van der Waals surface area contributed by atoms with E-state index in [4.69, 9.17) is 0 Å². The van der Waals surface area contributed by atoms with Crippen LogP contribution in [0.4, 0.5) is 5.69 Å². The van der Waals surface area contributed by atoms with E-state index >= 15 is 0 Å². The molecule has 0 aliphatic carbocycles. The molecule has 0 radical (unpaired) electrons. The van der Waals surface area contributed by atoms with Crippen LogP contribution in [0.15, 0.2) is 72.8 Å². The van der Waals surface area contributed by atoms with Crippen molar-refractivity contribution in [3.63, 3.8) is 0 Å². The van der Waals surface area contributed by atoms with E-state index in [0.717, 1.165) is 28.5 Å². The second-order valence-corrected chi connectivity index (χ2v) is 8.71. The number of benzene rings is 3. The van der Waals surface area contributed by atoms with E-state index < -0.39 is 0 Å². The predicted octanol–water partition coefficient (Wildman–Crippen LogP) is 5.61. The lowest BCUT2D eigenvalue weighted by Gasteiger charge is -2.15. The lowest BCUT2D eigenvalue weighted by atomic mass is 10.1. The molecule has 1 heterocycles. The summed E-state index contributed by atoms with van der Waals surface area (Å²) in [4.78, 5) is 25.6. The molecule has 162 valence electrons. The Balaban J connectivity index is 1.42. The molecular formula is C26H25N3O2S. The Morgan fingerprint density at radius 1 is 0.969 bits per heavy atom. The number of anilines is 1. The highest BCUT2D eigenvalue weighted by atomic mass is 32.1. The first-order valence-corrected chi connectivity index (χ1v) is 11.4. The van der Waals surface area contributed by atoms with Gasteiger partial charge < -0.3 is 10.6 Å². The standard InChI is InChI=1S/C26H25N3O2S/c1-17-12-15-20(25(30)27-18(2)13-14-19-8-4-3-5-9-19)16-22(17)28-26(31)24-21-10-6-7-11-23(21)32-29-24/h3-12,15-16,18H,13-14H2,1-2H3,(H,27,30)(H,28,31)/t18-/m1/s1. The van der Waals surface area contributed by atoms with Crippen molar-refractivity contribution in [1.29, 1.82) is 0 Å². The van der Waals surface area contributed by atoms with Gasteiger partial charge in [-0.1, -0.05) is 54.6 Å². The third-order valence-corrected chi connectivity index (χ3v) is 6.25. The minimum absolute atomic E-state index is 0.0309. The van der Waals surface area contributed by atoms with Gasteiger partial charge in [0.2, 0.25) is 0 Å². The van der Waals surface area contributed by atoms with Crippen molar-refractivity contribution in [2.45, 2.75) is 32.7 Å². The van der Waals surface area contributed by atoms with Gasteiger partial charge in [-0.2, -0.15) is 4.37 Å². The van der Waals surface area contributed by atoms with Gasteiger partial charge in [0.1, 0.15) is 5.69 Å². The molecule has 0 aliphatic heterocycles. The number of fused-ring (bicyclic) bond motifs is 1. The van der Waals surface area contributed by atoms with Gasteiger partial charge in [-0.15, -0.1) is 0 Å². The third kappa shape index (κ3) is 5.03. The van der Waals surface area contributed by atoms with Crippen LogP contribution in [0.1, 0.15) is 45.3 Å². The molecule has 2 amide bonds. The maximum atomic E-state index is 12.9. The summed E-state index contributed by atoms with van der Waals surface area (Å²) in [6, 6.07) is 23.3. The molecule has 32 heavy (non-hydrogen) atoms. The number of hydrogen-bond donors (Lipinski definition) is 2. The van der Waals surface area contributed by atoms with Crippen molar-refractivity contribution in [1.82, 2.24) is 9.69 Å². The van der Waals surface area contributed by atoms with Crippen molar-refractivity contribution < 1.29 is 9.59 Å². The molecule has 0 spiro atoms. The zero-order valence-corrected chi connectivity index (χ0v) is 18.9. The van der Waals surface area contributed by atoms with Crippen LogP contribution in [-0.2, 0) is 6.42 Å². The normalized spacial score (nSPS) is 11.8. The monoisotopic (exact) mass is 443 g/mol. The Hall–Kier alpha value is -3.51. The van der Waals surface area contributed by atoms with Crippen molar-refractivity contribution in [2.75, 3.05) is 5.32 Å². The summed E-state index contributed by atoms with van der Waals surface area (Å²) >= 11 is 1.30. The van der Waals surface area contributed by atoms with E-state index in [1.165, 1.54) is 17.1 Å². The highest BCUT2D eigenvalue weighted by Crippen LogP contribution is 2.24. The fraction of sp³-hybridized carbons (Fsp3) is 0.192. The van der Waals surface area contributed by atoms with Crippen LogP contribution in [0.2, 0.25) is 0 Å². The van der Waals surface area contributed by atoms with Crippen LogP contribution < -0.4 is 10.6 Å². The summed E-state index contributed by atoms with van der Waals surface area (Å²) in [5.41, 5.74) is 3.65. The highest BCUT2D eigenvalue weighted by molar-refractivity contribution is 7.13. The van der Waals surface area contributed by atoms with E-state index in [2.05, 4.69) is 27.1 Å². The van der Waals surface area contributed by atoms with Crippen LogP contribution >= 0.6 is 11.5 Å². The fourth-order valence-electron chi connectivity index (χ4n) is 3.54. The highest BCUT2D eigenvalue weighted by Gasteiger charge is 2.17. The first-order chi connectivity index (χ1) is 15.5. The van der Waals surface area contributed by atoms with Gasteiger partial charge in [0.05, 0.1) is 4.70 Å². The van der Waals surface area contributed by atoms with E-state index in [-0.39, 0.29) is 17.9 Å². The Morgan fingerprint density at radius 3 is 2.53 bits per heavy atom. The molecule has 4 aromatic rings. The smallest absolute Gasteiger partial charge is 0.276 e. The number of nitrogens with one attached hydrogen (secondary N) is 2. The number of nitrogens with zero attached hydrogens (tertiary/aromatic N) is 1. The molecule has 1 aromatic heterocycles. The minimum atomic E-state index is -0.278. The van der Waals surface area contributed by atoms with E-state index in [9.17, 15) is 9.59 Å². The number of hydrogen-bond acceptors (Lipinski definition) is 4. The van der Waals surface area contributed by atoms with Gasteiger partial charge in [0, 0.05) is 22.7 Å². The average Bonchev–Trinajstić information content (AvgIpc) is 3.24. The van der Waals surface area contributed by atoms with Crippen LogP contribution in [0.5, 0.6) is 0 Å². The van der Waals surface area contributed by atoms with Crippen LogP contribution in [0.25, 0.3) is 10.1 Å². The first-order valence-electron chi connectivity index (χ1n) is 10.6. The molecule has 0 bridgehead atoms. The molecular weight excluding hydrogens is 418 g/mol. The maximum absolute atomic E-state index is 12.9. The SMILES string of the molecule is Cc1ccc(C(=O)N[C@H](C)CCc2ccccc2)cc1NC(=O)c1nsc2ccccc12. The zero-order chi connectivity index (χ0) is 22.5. The molecule has 4 rings (SSSR count). The molecule has 0 saturated carbocycles. The third-order valence-electron chi connectivity index (χ3n) is 5.43. The van der Waals surface area contributed by atoms with Gasteiger partial charge in [0.15, 0.2) is 0 Å². The van der Waals surface area contributed by atoms with Crippen LogP contribution in [0, 0.1) is 6.92 Å².